The molecule has 1 N–H and O–H groups in total. The Labute approximate surface area is 106 Å². The predicted molar refractivity (Wildman–Crippen MR) is 74.4 cm³/mol. The van der Waals surface area contributed by atoms with Crippen LogP contribution in [0, 0.1) is 10.5 Å². The van der Waals surface area contributed by atoms with Crippen molar-refractivity contribution in [3.05, 3.63) is 27.3 Å². The van der Waals surface area contributed by atoms with E-state index >= 15 is 0 Å². The first kappa shape index (κ1) is 11.2. The molecule has 0 aromatic heterocycles. The Morgan fingerprint density at radius 2 is 1.93 bits per heavy atom. The number of hydrogen-bond donors (Lipinski definition) is 1. The molecular formula is C13H18IN. The molecule has 0 radical (unpaired) electrons. The van der Waals surface area contributed by atoms with E-state index in [0.717, 1.165) is 0 Å². The quantitative estimate of drug-likeness (QED) is 0.800. The summed E-state index contributed by atoms with van der Waals surface area (Å²) in [4.78, 5) is 0. The molecule has 1 nitrogen and oxygen atoms in total. The van der Waals surface area contributed by atoms with Crippen molar-refractivity contribution in [3.63, 3.8) is 0 Å². The molecule has 82 valence electrons. The van der Waals surface area contributed by atoms with Crippen molar-refractivity contribution in [2.45, 2.75) is 45.1 Å². The standard InChI is InChI=1S/C13H18IN/c1-10-9-12(7-8-13(10)14)15-11-5-3-2-4-6-11/h7-9,11,15H,2-6H2,1H3. The van der Waals surface area contributed by atoms with E-state index in [1.54, 1.807) is 0 Å². The Morgan fingerprint density at radius 1 is 1.20 bits per heavy atom. The van der Waals surface area contributed by atoms with E-state index in [4.69, 9.17) is 0 Å². The summed E-state index contributed by atoms with van der Waals surface area (Å²) >= 11 is 2.38. The Kier molecular flexibility index (Phi) is 3.89. The smallest absolute Gasteiger partial charge is 0.0345 e. The average molecular weight is 315 g/mol. The molecule has 0 bridgehead atoms. The molecule has 1 aromatic rings. The molecule has 0 amide bonds. The summed E-state index contributed by atoms with van der Waals surface area (Å²) in [6, 6.07) is 7.36. The molecule has 0 atom stereocenters. The number of hydrogen-bond acceptors (Lipinski definition) is 1. The zero-order valence-corrected chi connectivity index (χ0v) is 11.4. The van der Waals surface area contributed by atoms with Gasteiger partial charge in [-0.25, -0.2) is 0 Å². The first-order valence-electron chi connectivity index (χ1n) is 5.78. The monoisotopic (exact) mass is 315 g/mol. The third-order valence-corrected chi connectivity index (χ3v) is 4.34. The molecule has 0 spiro atoms. The molecule has 1 saturated carbocycles. The molecule has 0 heterocycles. The van der Waals surface area contributed by atoms with Crippen LogP contribution in [-0.4, -0.2) is 6.04 Å². The van der Waals surface area contributed by atoms with E-state index in [1.807, 2.05) is 0 Å². The number of nitrogens with one attached hydrogen (secondary N) is 1. The lowest BCUT2D eigenvalue weighted by Gasteiger charge is -2.24. The van der Waals surface area contributed by atoms with Gasteiger partial charge in [0, 0.05) is 15.3 Å². The van der Waals surface area contributed by atoms with Gasteiger partial charge in [-0.1, -0.05) is 19.3 Å². The molecule has 0 unspecified atom stereocenters. The summed E-state index contributed by atoms with van der Waals surface area (Å²) < 4.78 is 1.35. The van der Waals surface area contributed by atoms with Crippen LogP contribution in [0.1, 0.15) is 37.7 Å². The molecule has 1 aliphatic carbocycles. The van der Waals surface area contributed by atoms with Crippen molar-refractivity contribution in [1.82, 2.24) is 0 Å². The Balaban J connectivity index is 2.00. The first-order chi connectivity index (χ1) is 7.25. The van der Waals surface area contributed by atoms with Gasteiger partial charge in [-0.15, -0.1) is 0 Å². The Morgan fingerprint density at radius 3 is 2.60 bits per heavy atom. The number of rotatable bonds is 2. The fourth-order valence-corrected chi connectivity index (χ4v) is 2.55. The molecular weight excluding hydrogens is 297 g/mol. The van der Waals surface area contributed by atoms with E-state index in [1.165, 1.54) is 46.9 Å². The zero-order chi connectivity index (χ0) is 10.7. The van der Waals surface area contributed by atoms with Crippen LogP contribution in [0.15, 0.2) is 18.2 Å². The Bertz CT molecular complexity index is 329. The fourth-order valence-electron chi connectivity index (χ4n) is 2.22. The second-order valence-corrected chi connectivity index (χ2v) is 5.61. The van der Waals surface area contributed by atoms with Crippen LogP contribution in [0.3, 0.4) is 0 Å². The summed E-state index contributed by atoms with van der Waals surface area (Å²) in [6.07, 6.45) is 6.88. The van der Waals surface area contributed by atoms with Gasteiger partial charge in [0.15, 0.2) is 0 Å². The number of benzene rings is 1. The second kappa shape index (κ2) is 5.19. The molecule has 1 aliphatic rings. The predicted octanol–water partition coefficient (Wildman–Crippen LogP) is 4.34. The maximum Gasteiger partial charge on any atom is 0.0345 e. The Hall–Kier alpha value is -0.250. The van der Waals surface area contributed by atoms with Crippen LogP contribution >= 0.6 is 22.6 Å². The lowest BCUT2D eigenvalue weighted by atomic mass is 9.95. The summed E-state index contributed by atoms with van der Waals surface area (Å²) in [5.74, 6) is 0. The molecule has 1 fully saturated rings. The maximum atomic E-state index is 3.65. The van der Waals surface area contributed by atoms with Gasteiger partial charge < -0.3 is 5.32 Å². The van der Waals surface area contributed by atoms with E-state index in [9.17, 15) is 0 Å². The summed E-state index contributed by atoms with van der Waals surface area (Å²) in [5.41, 5.74) is 2.66. The molecule has 1 aromatic carbocycles. The van der Waals surface area contributed by atoms with Gasteiger partial charge in [-0.05, 0) is 66.1 Å². The average Bonchev–Trinajstić information content (AvgIpc) is 2.25. The van der Waals surface area contributed by atoms with E-state index < -0.39 is 0 Å². The van der Waals surface area contributed by atoms with Crippen LogP contribution in [0.25, 0.3) is 0 Å². The van der Waals surface area contributed by atoms with Gasteiger partial charge in [0.25, 0.3) is 0 Å². The largest absolute Gasteiger partial charge is 0.382 e. The highest BCUT2D eigenvalue weighted by atomic mass is 127. The van der Waals surface area contributed by atoms with Gasteiger partial charge in [0.2, 0.25) is 0 Å². The van der Waals surface area contributed by atoms with Crippen LogP contribution < -0.4 is 5.32 Å². The summed E-state index contributed by atoms with van der Waals surface area (Å²) in [7, 11) is 0. The van der Waals surface area contributed by atoms with E-state index in [2.05, 4.69) is 53.0 Å². The van der Waals surface area contributed by atoms with Crippen LogP contribution in [0.4, 0.5) is 5.69 Å². The molecule has 15 heavy (non-hydrogen) atoms. The minimum absolute atomic E-state index is 0.707. The molecule has 2 rings (SSSR count). The minimum atomic E-state index is 0.707. The van der Waals surface area contributed by atoms with E-state index in [-0.39, 0.29) is 0 Å². The van der Waals surface area contributed by atoms with E-state index in [0.29, 0.717) is 6.04 Å². The SMILES string of the molecule is Cc1cc(NC2CCCCC2)ccc1I. The lowest BCUT2D eigenvalue weighted by molar-refractivity contribution is 0.463. The topological polar surface area (TPSA) is 12.0 Å². The highest BCUT2D eigenvalue weighted by Crippen LogP contribution is 2.23. The van der Waals surface area contributed by atoms with Crippen molar-refractivity contribution in [2.75, 3.05) is 5.32 Å². The molecule has 0 saturated heterocycles. The van der Waals surface area contributed by atoms with Crippen molar-refractivity contribution in [1.29, 1.82) is 0 Å². The highest BCUT2D eigenvalue weighted by Gasteiger charge is 2.12. The van der Waals surface area contributed by atoms with Crippen LogP contribution in [-0.2, 0) is 0 Å². The van der Waals surface area contributed by atoms with Crippen molar-refractivity contribution < 1.29 is 0 Å². The van der Waals surface area contributed by atoms with Crippen molar-refractivity contribution >= 4 is 28.3 Å². The van der Waals surface area contributed by atoms with Gasteiger partial charge in [0.05, 0.1) is 0 Å². The van der Waals surface area contributed by atoms with Crippen molar-refractivity contribution in [3.8, 4) is 0 Å². The first-order valence-corrected chi connectivity index (χ1v) is 6.86. The fraction of sp³-hybridized carbons (Fsp3) is 0.538. The third kappa shape index (κ3) is 3.10. The normalized spacial score (nSPS) is 17.7. The zero-order valence-electron chi connectivity index (χ0n) is 9.22. The number of halogens is 1. The third-order valence-electron chi connectivity index (χ3n) is 3.13. The molecule has 0 aliphatic heterocycles. The van der Waals surface area contributed by atoms with Gasteiger partial charge in [-0.2, -0.15) is 0 Å². The maximum absolute atomic E-state index is 3.65. The lowest BCUT2D eigenvalue weighted by Crippen LogP contribution is -2.22. The highest BCUT2D eigenvalue weighted by molar-refractivity contribution is 14.1. The van der Waals surface area contributed by atoms with Crippen LogP contribution in [0.5, 0.6) is 0 Å². The summed E-state index contributed by atoms with van der Waals surface area (Å²) in [6.45, 7) is 2.17. The second-order valence-electron chi connectivity index (χ2n) is 4.44. The van der Waals surface area contributed by atoms with Gasteiger partial charge in [-0.3, -0.25) is 0 Å². The van der Waals surface area contributed by atoms with Gasteiger partial charge >= 0.3 is 0 Å². The number of anilines is 1. The molecule has 2 heteroatoms. The minimum Gasteiger partial charge on any atom is -0.382 e. The summed E-state index contributed by atoms with van der Waals surface area (Å²) in [5, 5.41) is 3.65. The van der Waals surface area contributed by atoms with Crippen LogP contribution in [0.2, 0.25) is 0 Å². The van der Waals surface area contributed by atoms with Crippen molar-refractivity contribution in [2.24, 2.45) is 0 Å². The number of aryl methyl sites for hydroxylation is 1. The van der Waals surface area contributed by atoms with Gasteiger partial charge in [0.1, 0.15) is 0 Å².